The van der Waals surface area contributed by atoms with Crippen molar-refractivity contribution in [2.75, 3.05) is 5.32 Å². The Hall–Kier alpha value is -2.87. The maximum Gasteiger partial charge on any atom is 0.267 e. The fraction of sp³-hybridized carbons (Fsp3) is 0.278. The van der Waals surface area contributed by atoms with Crippen molar-refractivity contribution in [3.63, 3.8) is 0 Å². The Morgan fingerprint density at radius 1 is 1.19 bits per heavy atom. The average Bonchev–Trinajstić information content (AvgIpc) is 3.06. The third kappa shape index (κ3) is 4.02. The van der Waals surface area contributed by atoms with Crippen LogP contribution in [0.3, 0.4) is 0 Å². The minimum absolute atomic E-state index is 0.182. The number of aryl methyl sites for hydroxylation is 3. The lowest BCUT2D eigenvalue weighted by Crippen LogP contribution is -2.29. The summed E-state index contributed by atoms with van der Waals surface area (Å²) in [6.45, 7) is 5.77. The zero-order valence-corrected chi connectivity index (χ0v) is 15.6. The molecule has 1 aromatic carbocycles. The second kappa shape index (κ2) is 7.57. The monoisotopic (exact) mass is 369 g/mol. The first-order valence-electron chi connectivity index (χ1n) is 8.24. The van der Waals surface area contributed by atoms with Crippen molar-refractivity contribution in [2.45, 2.75) is 33.7 Å². The average molecular weight is 369 g/mol. The van der Waals surface area contributed by atoms with Gasteiger partial charge >= 0.3 is 0 Å². The summed E-state index contributed by atoms with van der Waals surface area (Å²) in [6, 6.07) is 9.15. The highest BCUT2D eigenvalue weighted by molar-refractivity contribution is 7.15. The number of hydrogen-bond acceptors (Lipinski definition) is 6. The van der Waals surface area contributed by atoms with Crippen LogP contribution in [0, 0.1) is 13.8 Å². The summed E-state index contributed by atoms with van der Waals surface area (Å²) in [5.74, 6) is -0.364. The van der Waals surface area contributed by atoms with Crippen molar-refractivity contribution in [3.8, 4) is 11.3 Å². The lowest BCUT2D eigenvalue weighted by atomic mass is 10.0. The molecule has 0 saturated carbocycles. The van der Waals surface area contributed by atoms with Crippen LogP contribution in [0.4, 0.5) is 5.13 Å². The Bertz CT molecular complexity index is 1010. The quantitative estimate of drug-likeness (QED) is 0.746. The number of amides is 1. The lowest BCUT2D eigenvalue weighted by molar-refractivity contribution is -0.117. The second-order valence-electron chi connectivity index (χ2n) is 5.94. The van der Waals surface area contributed by atoms with Crippen LogP contribution >= 0.6 is 11.3 Å². The summed E-state index contributed by atoms with van der Waals surface area (Å²) in [5, 5.41) is 16.1. The molecule has 0 saturated heterocycles. The molecule has 0 atom stereocenters. The summed E-state index contributed by atoms with van der Waals surface area (Å²) < 4.78 is 1.16. The van der Waals surface area contributed by atoms with Crippen molar-refractivity contribution >= 4 is 22.4 Å². The Kier molecular flexibility index (Phi) is 5.22. The molecule has 0 radical (unpaired) electrons. The Balaban J connectivity index is 1.82. The summed E-state index contributed by atoms with van der Waals surface area (Å²) in [4.78, 5) is 24.3. The van der Waals surface area contributed by atoms with E-state index in [0.717, 1.165) is 32.8 Å². The summed E-state index contributed by atoms with van der Waals surface area (Å²) in [7, 11) is 0. The van der Waals surface area contributed by atoms with Crippen LogP contribution in [0.2, 0.25) is 0 Å². The van der Waals surface area contributed by atoms with E-state index in [1.165, 1.54) is 17.4 Å². The molecular formula is C18H19N5O2S. The highest BCUT2D eigenvalue weighted by Gasteiger charge is 2.12. The molecule has 2 heterocycles. The highest BCUT2D eigenvalue weighted by atomic mass is 32.1. The number of benzene rings is 1. The zero-order chi connectivity index (χ0) is 18.7. The third-order valence-corrected chi connectivity index (χ3v) is 4.83. The van der Waals surface area contributed by atoms with E-state index >= 15 is 0 Å². The molecule has 0 bridgehead atoms. The Morgan fingerprint density at radius 2 is 2.00 bits per heavy atom. The van der Waals surface area contributed by atoms with E-state index in [9.17, 15) is 9.59 Å². The van der Waals surface area contributed by atoms with Gasteiger partial charge in [-0.15, -0.1) is 10.2 Å². The van der Waals surface area contributed by atoms with Gasteiger partial charge in [-0.05, 0) is 38.0 Å². The molecule has 3 aromatic rings. The van der Waals surface area contributed by atoms with Crippen LogP contribution in [0.15, 0.2) is 35.1 Å². The van der Waals surface area contributed by atoms with E-state index in [-0.39, 0.29) is 18.0 Å². The normalized spacial score (nSPS) is 10.7. The third-order valence-electron chi connectivity index (χ3n) is 3.84. The van der Waals surface area contributed by atoms with Crippen LogP contribution in [-0.4, -0.2) is 25.9 Å². The van der Waals surface area contributed by atoms with Gasteiger partial charge < -0.3 is 0 Å². The number of carbonyl (C=O) groups is 1. The fourth-order valence-electron chi connectivity index (χ4n) is 2.46. The van der Waals surface area contributed by atoms with Gasteiger partial charge in [0.1, 0.15) is 11.6 Å². The molecule has 8 heteroatoms. The summed E-state index contributed by atoms with van der Waals surface area (Å²) >= 11 is 1.32. The van der Waals surface area contributed by atoms with E-state index in [0.29, 0.717) is 10.8 Å². The van der Waals surface area contributed by atoms with Crippen molar-refractivity contribution in [2.24, 2.45) is 0 Å². The van der Waals surface area contributed by atoms with Gasteiger partial charge in [0.05, 0.1) is 5.69 Å². The van der Waals surface area contributed by atoms with Gasteiger partial charge in [-0.3, -0.25) is 14.9 Å². The molecule has 0 aliphatic carbocycles. The molecule has 3 rings (SSSR count). The molecular weight excluding hydrogens is 350 g/mol. The number of nitrogens with zero attached hydrogens (tertiary/aromatic N) is 4. The van der Waals surface area contributed by atoms with Crippen LogP contribution in [0.5, 0.6) is 0 Å². The molecule has 0 fully saturated rings. The van der Waals surface area contributed by atoms with E-state index in [4.69, 9.17) is 0 Å². The maximum absolute atomic E-state index is 12.2. The molecule has 7 nitrogen and oxygen atoms in total. The van der Waals surface area contributed by atoms with E-state index in [1.807, 2.05) is 39.0 Å². The van der Waals surface area contributed by atoms with Crippen molar-refractivity contribution < 1.29 is 4.79 Å². The second-order valence-corrected chi connectivity index (χ2v) is 7.00. The molecule has 0 unspecified atom stereocenters. The largest absolute Gasteiger partial charge is 0.299 e. The van der Waals surface area contributed by atoms with Crippen molar-refractivity contribution in [3.05, 3.63) is 56.8 Å². The van der Waals surface area contributed by atoms with Crippen LogP contribution in [0.25, 0.3) is 11.3 Å². The molecule has 2 aromatic heterocycles. The maximum atomic E-state index is 12.2. The van der Waals surface area contributed by atoms with Gasteiger partial charge in [-0.1, -0.05) is 36.0 Å². The van der Waals surface area contributed by atoms with E-state index in [2.05, 4.69) is 20.6 Å². The van der Waals surface area contributed by atoms with Gasteiger partial charge in [-0.2, -0.15) is 5.10 Å². The first-order chi connectivity index (χ1) is 12.5. The topological polar surface area (TPSA) is 89.8 Å². The van der Waals surface area contributed by atoms with Crippen LogP contribution in [0.1, 0.15) is 23.1 Å². The predicted octanol–water partition coefficient (Wildman–Crippen LogP) is 2.58. The first-order valence-corrected chi connectivity index (χ1v) is 9.06. The van der Waals surface area contributed by atoms with E-state index < -0.39 is 0 Å². The number of rotatable bonds is 5. The summed E-state index contributed by atoms with van der Waals surface area (Å²) in [6.07, 6.45) is 0.756. The molecule has 0 aliphatic rings. The number of nitrogens with one attached hydrogen (secondary N) is 1. The predicted molar refractivity (Wildman–Crippen MR) is 101 cm³/mol. The van der Waals surface area contributed by atoms with Gasteiger partial charge in [0.25, 0.3) is 5.56 Å². The molecule has 1 N–H and O–H groups in total. The lowest BCUT2D eigenvalue weighted by Gasteiger charge is -2.09. The number of anilines is 1. The van der Waals surface area contributed by atoms with Gasteiger partial charge in [0.15, 0.2) is 0 Å². The van der Waals surface area contributed by atoms with E-state index in [1.54, 1.807) is 6.07 Å². The van der Waals surface area contributed by atoms with Crippen molar-refractivity contribution in [1.82, 2.24) is 20.0 Å². The van der Waals surface area contributed by atoms with Gasteiger partial charge in [0.2, 0.25) is 11.0 Å². The minimum Gasteiger partial charge on any atom is -0.299 e. The molecule has 1 amide bonds. The molecule has 0 spiro atoms. The first kappa shape index (κ1) is 17.9. The fourth-order valence-corrected chi connectivity index (χ4v) is 3.16. The molecule has 26 heavy (non-hydrogen) atoms. The summed E-state index contributed by atoms with van der Waals surface area (Å²) in [5.41, 5.74) is 3.42. The number of aromatic nitrogens is 4. The standard InChI is InChI=1S/C18H19N5O2S/c1-4-16-20-21-18(26-16)19-15(24)10-23-17(25)8-7-14(22-23)13-9-11(2)5-6-12(13)3/h5-9H,4,10H2,1-3H3,(H,19,21,24). The molecule has 134 valence electrons. The van der Waals surface area contributed by atoms with Gasteiger partial charge in [0, 0.05) is 11.6 Å². The zero-order valence-electron chi connectivity index (χ0n) is 14.8. The number of carbonyl (C=O) groups excluding carboxylic acids is 1. The highest BCUT2D eigenvalue weighted by Crippen LogP contribution is 2.21. The molecule has 0 aliphatic heterocycles. The minimum atomic E-state index is -0.364. The smallest absolute Gasteiger partial charge is 0.267 e. The van der Waals surface area contributed by atoms with Crippen molar-refractivity contribution in [1.29, 1.82) is 0 Å². The van der Waals surface area contributed by atoms with Crippen LogP contribution in [-0.2, 0) is 17.8 Å². The Labute approximate surface area is 154 Å². The Morgan fingerprint density at radius 3 is 2.73 bits per heavy atom. The van der Waals surface area contributed by atoms with Gasteiger partial charge in [-0.25, -0.2) is 4.68 Å². The number of hydrogen-bond donors (Lipinski definition) is 1. The van der Waals surface area contributed by atoms with Crippen LogP contribution < -0.4 is 10.9 Å². The SMILES string of the molecule is CCc1nnc(NC(=O)Cn2nc(-c3cc(C)ccc3C)ccc2=O)s1.